The quantitative estimate of drug-likeness (QED) is 0.477. The summed E-state index contributed by atoms with van der Waals surface area (Å²) >= 11 is 0. The summed E-state index contributed by atoms with van der Waals surface area (Å²) in [6.07, 6.45) is 9.30. The number of ether oxygens (including phenoxy) is 1. The molecule has 1 heterocycles. The number of rotatable bonds is 5. The van der Waals surface area contributed by atoms with E-state index in [2.05, 4.69) is 43.4 Å². The SMILES string of the molecule is COc1cc2occ(-c3ccc(C)cc3C)c2cc1/C(C)=C/C(=O)NC1CCCCC1. The highest BCUT2D eigenvalue weighted by molar-refractivity contribution is 6.00. The van der Waals surface area contributed by atoms with Gasteiger partial charge in [-0.15, -0.1) is 0 Å². The molecule has 0 unspecified atom stereocenters. The molecule has 162 valence electrons. The minimum Gasteiger partial charge on any atom is -0.496 e. The minimum absolute atomic E-state index is 0.0339. The number of fused-ring (bicyclic) bond motifs is 1. The second-order valence-corrected chi connectivity index (χ2v) is 8.69. The van der Waals surface area contributed by atoms with Crippen LogP contribution in [0.15, 0.2) is 47.1 Å². The summed E-state index contributed by atoms with van der Waals surface area (Å²) in [5, 5.41) is 4.18. The molecule has 31 heavy (non-hydrogen) atoms. The Morgan fingerprint density at radius 2 is 1.87 bits per heavy atom. The molecule has 1 fully saturated rings. The molecule has 4 heteroatoms. The average Bonchev–Trinajstić information content (AvgIpc) is 3.16. The van der Waals surface area contributed by atoms with E-state index in [0.717, 1.165) is 46.1 Å². The fraction of sp³-hybridized carbons (Fsp3) is 0.370. The van der Waals surface area contributed by atoms with Crippen LogP contribution in [-0.4, -0.2) is 19.1 Å². The summed E-state index contributed by atoms with van der Waals surface area (Å²) in [5.74, 6) is 0.668. The van der Waals surface area contributed by atoms with Gasteiger partial charge in [-0.1, -0.05) is 43.0 Å². The summed E-state index contributed by atoms with van der Waals surface area (Å²) in [7, 11) is 1.65. The van der Waals surface area contributed by atoms with Crippen molar-refractivity contribution in [3.8, 4) is 16.9 Å². The molecular formula is C27H31NO3. The van der Waals surface area contributed by atoms with Gasteiger partial charge in [0.2, 0.25) is 5.91 Å². The lowest BCUT2D eigenvalue weighted by atomic mass is 9.95. The number of hydrogen-bond donors (Lipinski definition) is 1. The third-order valence-corrected chi connectivity index (χ3v) is 6.29. The Bertz CT molecular complexity index is 1130. The predicted octanol–water partition coefficient (Wildman–Crippen LogP) is 6.58. The molecule has 2 aromatic carbocycles. The van der Waals surface area contributed by atoms with E-state index in [1.165, 1.54) is 30.4 Å². The molecule has 0 spiro atoms. The predicted molar refractivity (Wildman–Crippen MR) is 126 cm³/mol. The van der Waals surface area contributed by atoms with Crippen LogP contribution in [-0.2, 0) is 4.79 Å². The van der Waals surface area contributed by atoms with Gasteiger partial charge in [0.05, 0.1) is 13.4 Å². The van der Waals surface area contributed by atoms with Gasteiger partial charge < -0.3 is 14.5 Å². The second-order valence-electron chi connectivity index (χ2n) is 8.69. The number of methoxy groups -OCH3 is 1. The maximum atomic E-state index is 12.6. The fourth-order valence-corrected chi connectivity index (χ4v) is 4.62. The lowest BCUT2D eigenvalue weighted by Crippen LogP contribution is -2.35. The molecule has 0 bridgehead atoms. The number of amides is 1. The Balaban J connectivity index is 1.70. The number of aryl methyl sites for hydroxylation is 2. The zero-order chi connectivity index (χ0) is 22.0. The molecule has 1 aliphatic carbocycles. The van der Waals surface area contributed by atoms with Crippen molar-refractivity contribution in [1.29, 1.82) is 0 Å². The molecule has 1 N–H and O–H groups in total. The lowest BCUT2D eigenvalue weighted by molar-refractivity contribution is -0.117. The molecule has 1 saturated carbocycles. The van der Waals surface area contributed by atoms with Crippen LogP contribution in [0.1, 0.15) is 55.7 Å². The number of furan rings is 1. The van der Waals surface area contributed by atoms with Crippen molar-refractivity contribution in [2.75, 3.05) is 7.11 Å². The number of benzene rings is 2. The van der Waals surface area contributed by atoms with Crippen molar-refractivity contribution in [1.82, 2.24) is 5.32 Å². The van der Waals surface area contributed by atoms with Crippen molar-refractivity contribution >= 4 is 22.4 Å². The number of nitrogens with one attached hydrogen (secondary N) is 1. The van der Waals surface area contributed by atoms with Crippen molar-refractivity contribution in [3.05, 3.63) is 59.4 Å². The van der Waals surface area contributed by atoms with E-state index in [1.807, 2.05) is 13.0 Å². The standard InChI is InChI=1S/C27H31NO3/c1-17-10-11-21(18(2)12-17)24-16-31-26-15-25(30-4)22(14-23(24)26)19(3)13-27(29)28-20-8-6-5-7-9-20/h10-16,20H,5-9H2,1-4H3,(H,28,29)/b19-13+. The first-order valence-corrected chi connectivity index (χ1v) is 11.1. The molecule has 4 nitrogen and oxygen atoms in total. The van der Waals surface area contributed by atoms with E-state index in [0.29, 0.717) is 11.8 Å². The van der Waals surface area contributed by atoms with Gasteiger partial charge >= 0.3 is 0 Å². The third kappa shape index (κ3) is 4.53. The Labute approximate surface area is 184 Å². The Kier molecular flexibility index (Phi) is 6.17. The summed E-state index contributed by atoms with van der Waals surface area (Å²) in [6, 6.07) is 10.7. The van der Waals surface area contributed by atoms with Gasteiger partial charge in [0.1, 0.15) is 11.3 Å². The van der Waals surface area contributed by atoms with E-state index in [1.54, 1.807) is 19.4 Å². The van der Waals surface area contributed by atoms with Gasteiger partial charge in [0.25, 0.3) is 0 Å². The highest BCUT2D eigenvalue weighted by Gasteiger charge is 2.18. The molecule has 0 aliphatic heterocycles. The van der Waals surface area contributed by atoms with E-state index >= 15 is 0 Å². The largest absolute Gasteiger partial charge is 0.496 e. The minimum atomic E-state index is -0.0339. The van der Waals surface area contributed by atoms with Crippen molar-refractivity contribution in [3.63, 3.8) is 0 Å². The fourth-order valence-electron chi connectivity index (χ4n) is 4.62. The van der Waals surface area contributed by atoms with Gasteiger partial charge in [-0.3, -0.25) is 4.79 Å². The number of carbonyl (C=O) groups is 1. The Morgan fingerprint density at radius 3 is 2.58 bits per heavy atom. The van der Waals surface area contributed by atoms with Crippen LogP contribution in [0.3, 0.4) is 0 Å². The van der Waals surface area contributed by atoms with Gasteiger partial charge in [-0.05, 0) is 56.4 Å². The Hall–Kier alpha value is -3.01. The summed E-state index contributed by atoms with van der Waals surface area (Å²) in [6.45, 7) is 6.17. The normalized spacial score (nSPS) is 15.3. The van der Waals surface area contributed by atoms with Gasteiger partial charge in [0.15, 0.2) is 0 Å². The van der Waals surface area contributed by atoms with E-state index in [9.17, 15) is 4.79 Å². The maximum Gasteiger partial charge on any atom is 0.244 e. The van der Waals surface area contributed by atoms with Gasteiger partial charge in [-0.25, -0.2) is 0 Å². The first kappa shape index (κ1) is 21.2. The zero-order valence-corrected chi connectivity index (χ0v) is 18.9. The van der Waals surface area contributed by atoms with Crippen molar-refractivity contribution in [2.45, 2.75) is 58.9 Å². The van der Waals surface area contributed by atoms with Crippen LogP contribution >= 0.6 is 0 Å². The van der Waals surface area contributed by atoms with Crippen LogP contribution in [0.2, 0.25) is 0 Å². The molecule has 1 aromatic heterocycles. The maximum absolute atomic E-state index is 12.6. The zero-order valence-electron chi connectivity index (χ0n) is 18.9. The highest BCUT2D eigenvalue weighted by atomic mass is 16.5. The summed E-state index contributed by atoms with van der Waals surface area (Å²) in [4.78, 5) is 12.6. The highest BCUT2D eigenvalue weighted by Crippen LogP contribution is 2.38. The number of hydrogen-bond acceptors (Lipinski definition) is 3. The molecule has 1 amide bonds. The van der Waals surface area contributed by atoms with Crippen LogP contribution in [0.5, 0.6) is 5.75 Å². The monoisotopic (exact) mass is 417 g/mol. The molecule has 0 saturated heterocycles. The smallest absolute Gasteiger partial charge is 0.244 e. The third-order valence-electron chi connectivity index (χ3n) is 6.29. The van der Waals surface area contributed by atoms with Crippen LogP contribution < -0.4 is 10.1 Å². The van der Waals surface area contributed by atoms with Crippen molar-refractivity contribution < 1.29 is 13.9 Å². The van der Waals surface area contributed by atoms with E-state index in [-0.39, 0.29) is 5.91 Å². The lowest BCUT2D eigenvalue weighted by Gasteiger charge is -2.22. The van der Waals surface area contributed by atoms with Crippen molar-refractivity contribution in [2.24, 2.45) is 0 Å². The van der Waals surface area contributed by atoms with Crippen LogP contribution in [0.4, 0.5) is 0 Å². The molecular weight excluding hydrogens is 386 g/mol. The van der Waals surface area contributed by atoms with Crippen LogP contribution in [0.25, 0.3) is 27.7 Å². The molecule has 3 aromatic rings. The number of allylic oxidation sites excluding steroid dienone is 1. The molecule has 4 rings (SSSR count). The van der Waals surface area contributed by atoms with E-state index < -0.39 is 0 Å². The molecule has 0 atom stereocenters. The topological polar surface area (TPSA) is 51.5 Å². The Morgan fingerprint density at radius 1 is 1.10 bits per heavy atom. The second kappa shape index (κ2) is 9.01. The van der Waals surface area contributed by atoms with Gasteiger partial charge in [0, 0.05) is 34.7 Å². The molecule has 0 radical (unpaired) electrons. The van der Waals surface area contributed by atoms with Crippen LogP contribution in [0, 0.1) is 13.8 Å². The average molecular weight is 418 g/mol. The first-order chi connectivity index (χ1) is 15.0. The van der Waals surface area contributed by atoms with Gasteiger partial charge in [-0.2, -0.15) is 0 Å². The molecule has 1 aliphatic rings. The first-order valence-electron chi connectivity index (χ1n) is 11.1. The summed E-state index contributed by atoms with van der Waals surface area (Å²) in [5.41, 5.74) is 7.20. The summed E-state index contributed by atoms with van der Waals surface area (Å²) < 4.78 is 11.5. The van der Waals surface area contributed by atoms with E-state index in [4.69, 9.17) is 9.15 Å². The number of carbonyl (C=O) groups excluding carboxylic acids is 1.